The van der Waals surface area contributed by atoms with Crippen LogP contribution in [0, 0.1) is 0 Å². The van der Waals surface area contributed by atoms with Gasteiger partial charge in [0.25, 0.3) is 15.9 Å². The Morgan fingerprint density at radius 3 is 2.50 bits per heavy atom. The number of amides is 1. The number of carbonyl (C=O) groups is 1. The molecule has 30 heavy (non-hydrogen) atoms. The highest BCUT2D eigenvalue weighted by molar-refractivity contribution is 7.92. The third-order valence-corrected chi connectivity index (χ3v) is 7.43. The summed E-state index contributed by atoms with van der Waals surface area (Å²) in [6.45, 7) is 0.277. The van der Waals surface area contributed by atoms with Crippen molar-refractivity contribution in [3.05, 3.63) is 89.4 Å². The van der Waals surface area contributed by atoms with Gasteiger partial charge >= 0.3 is 0 Å². The van der Waals surface area contributed by atoms with Gasteiger partial charge in [-0.2, -0.15) is 0 Å². The summed E-state index contributed by atoms with van der Waals surface area (Å²) in [5.41, 5.74) is 1.71. The Morgan fingerprint density at radius 2 is 1.73 bits per heavy atom. The van der Waals surface area contributed by atoms with Crippen LogP contribution in [0.1, 0.15) is 15.4 Å². The average Bonchev–Trinajstić information content (AvgIpc) is 3.20. The summed E-state index contributed by atoms with van der Waals surface area (Å²) in [7, 11) is -2.30. The van der Waals surface area contributed by atoms with Crippen molar-refractivity contribution in [1.82, 2.24) is 10.3 Å². The van der Waals surface area contributed by atoms with Crippen LogP contribution in [-0.2, 0) is 16.6 Å². The Labute approximate surface area is 178 Å². The maximum absolute atomic E-state index is 13.0. The van der Waals surface area contributed by atoms with Crippen molar-refractivity contribution < 1.29 is 13.2 Å². The summed E-state index contributed by atoms with van der Waals surface area (Å²) in [4.78, 5) is 17.2. The molecule has 4 aromatic rings. The van der Waals surface area contributed by atoms with E-state index in [1.54, 1.807) is 36.4 Å². The lowest BCUT2D eigenvalue weighted by atomic mass is 10.2. The minimum atomic E-state index is -3.79. The van der Waals surface area contributed by atoms with Crippen molar-refractivity contribution in [2.45, 2.75) is 11.4 Å². The molecule has 1 heterocycles. The van der Waals surface area contributed by atoms with Crippen molar-refractivity contribution in [3.8, 4) is 0 Å². The number of hydrogen-bond acceptors (Lipinski definition) is 5. The van der Waals surface area contributed by atoms with E-state index in [2.05, 4.69) is 10.3 Å². The number of hydrogen-bond donors (Lipinski definition) is 1. The topological polar surface area (TPSA) is 79.4 Å². The second kappa shape index (κ2) is 8.25. The van der Waals surface area contributed by atoms with Crippen LogP contribution in [0.25, 0.3) is 10.2 Å². The Morgan fingerprint density at radius 1 is 1.00 bits per heavy atom. The number of aromatic nitrogens is 1. The van der Waals surface area contributed by atoms with E-state index in [4.69, 9.17) is 0 Å². The summed E-state index contributed by atoms with van der Waals surface area (Å²) in [6.07, 6.45) is 0. The molecular weight excluding hydrogens is 418 g/mol. The van der Waals surface area contributed by atoms with E-state index < -0.39 is 10.0 Å². The molecule has 0 radical (unpaired) electrons. The maximum atomic E-state index is 13.0. The molecule has 152 valence electrons. The molecule has 0 unspecified atom stereocenters. The number of nitrogens with zero attached hydrogens (tertiary/aromatic N) is 2. The van der Waals surface area contributed by atoms with Crippen LogP contribution < -0.4 is 9.62 Å². The van der Waals surface area contributed by atoms with E-state index in [9.17, 15) is 13.2 Å². The highest BCUT2D eigenvalue weighted by Gasteiger charge is 2.22. The standard InChI is InChI=1S/C22H19N3O3S2/c1-25(17-9-3-2-4-10-17)30(27,28)18-11-7-8-16(14-18)22(26)23-15-21-24-19-12-5-6-13-20(19)29-21/h2-14H,15H2,1H3,(H,23,26). The minimum Gasteiger partial charge on any atom is -0.346 e. The van der Waals surface area contributed by atoms with Crippen LogP contribution in [0.4, 0.5) is 5.69 Å². The number of rotatable bonds is 6. The van der Waals surface area contributed by atoms with Gasteiger partial charge in [0.15, 0.2) is 0 Å². The van der Waals surface area contributed by atoms with Crippen LogP contribution in [0.15, 0.2) is 83.8 Å². The first-order valence-corrected chi connectivity index (χ1v) is 11.5. The zero-order valence-corrected chi connectivity index (χ0v) is 17.8. The normalized spacial score (nSPS) is 11.4. The second-order valence-electron chi connectivity index (χ2n) is 6.59. The highest BCUT2D eigenvalue weighted by atomic mass is 32.2. The lowest BCUT2D eigenvalue weighted by molar-refractivity contribution is 0.0950. The Bertz CT molecular complexity index is 1270. The summed E-state index contributed by atoms with van der Waals surface area (Å²) < 4.78 is 28.2. The van der Waals surface area contributed by atoms with E-state index in [1.807, 2.05) is 30.3 Å². The zero-order valence-electron chi connectivity index (χ0n) is 16.1. The van der Waals surface area contributed by atoms with Gasteiger partial charge < -0.3 is 5.32 Å². The summed E-state index contributed by atoms with van der Waals surface area (Å²) in [5.74, 6) is -0.353. The third-order valence-electron chi connectivity index (χ3n) is 4.61. The van der Waals surface area contributed by atoms with E-state index in [1.165, 1.54) is 34.8 Å². The van der Waals surface area contributed by atoms with Crippen LogP contribution in [-0.4, -0.2) is 26.4 Å². The van der Waals surface area contributed by atoms with Crippen LogP contribution in [0.5, 0.6) is 0 Å². The minimum absolute atomic E-state index is 0.0569. The number of fused-ring (bicyclic) bond motifs is 1. The highest BCUT2D eigenvalue weighted by Crippen LogP contribution is 2.23. The van der Waals surface area contributed by atoms with Gasteiger partial charge in [0, 0.05) is 12.6 Å². The molecule has 0 saturated carbocycles. The molecule has 0 aliphatic rings. The SMILES string of the molecule is CN(c1ccccc1)S(=O)(=O)c1cccc(C(=O)NCc2nc3ccccc3s2)c1. The molecule has 0 aliphatic heterocycles. The van der Waals surface area contributed by atoms with Gasteiger partial charge in [0.05, 0.1) is 27.3 Å². The zero-order chi connectivity index (χ0) is 21.1. The van der Waals surface area contributed by atoms with Gasteiger partial charge in [-0.15, -0.1) is 11.3 Å². The molecule has 4 rings (SSSR count). The predicted molar refractivity (Wildman–Crippen MR) is 119 cm³/mol. The predicted octanol–water partition coefficient (Wildman–Crippen LogP) is 4.05. The van der Waals surface area contributed by atoms with Crippen LogP contribution >= 0.6 is 11.3 Å². The number of nitrogens with one attached hydrogen (secondary N) is 1. The fourth-order valence-electron chi connectivity index (χ4n) is 2.99. The molecule has 0 bridgehead atoms. The fourth-order valence-corrected chi connectivity index (χ4v) is 5.14. The van der Waals surface area contributed by atoms with Gasteiger partial charge in [-0.3, -0.25) is 9.10 Å². The van der Waals surface area contributed by atoms with Crippen molar-refractivity contribution in [2.75, 3.05) is 11.4 Å². The molecule has 0 spiro atoms. The molecule has 1 aromatic heterocycles. The van der Waals surface area contributed by atoms with E-state index in [-0.39, 0.29) is 22.9 Å². The van der Waals surface area contributed by atoms with Crippen molar-refractivity contribution in [3.63, 3.8) is 0 Å². The molecular formula is C22H19N3O3S2. The van der Waals surface area contributed by atoms with Crippen molar-refractivity contribution in [1.29, 1.82) is 0 Å². The summed E-state index contributed by atoms with van der Waals surface area (Å²) in [6, 6.07) is 22.6. The smallest absolute Gasteiger partial charge is 0.264 e. The molecule has 1 amide bonds. The molecule has 0 atom stereocenters. The molecule has 8 heteroatoms. The Hall–Kier alpha value is -3.23. The fraction of sp³-hybridized carbons (Fsp3) is 0.0909. The first-order chi connectivity index (χ1) is 14.4. The Balaban J connectivity index is 1.51. The largest absolute Gasteiger partial charge is 0.346 e. The van der Waals surface area contributed by atoms with Crippen molar-refractivity contribution in [2.24, 2.45) is 0 Å². The summed E-state index contributed by atoms with van der Waals surface area (Å²) in [5, 5.41) is 3.61. The number of carbonyl (C=O) groups excluding carboxylic acids is 1. The quantitative estimate of drug-likeness (QED) is 0.494. The molecule has 1 N–H and O–H groups in total. The van der Waals surface area contributed by atoms with Crippen molar-refractivity contribution >= 4 is 43.2 Å². The number of anilines is 1. The van der Waals surface area contributed by atoms with E-state index >= 15 is 0 Å². The van der Waals surface area contributed by atoms with Gasteiger partial charge in [-0.25, -0.2) is 13.4 Å². The number of thiazole rings is 1. The molecule has 0 aliphatic carbocycles. The molecule has 3 aromatic carbocycles. The van der Waals surface area contributed by atoms with Gasteiger partial charge in [0.2, 0.25) is 0 Å². The van der Waals surface area contributed by atoms with Gasteiger partial charge in [-0.1, -0.05) is 36.4 Å². The summed E-state index contributed by atoms with van der Waals surface area (Å²) >= 11 is 1.52. The lowest BCUT2D eigenvalue weighted by Gasteiger charge is -2.19. The monoisotopic (exact) mass is 437 g/mol. The lowest BCUT2D eigenvalue weighted by Crippen LogP contribution is -2.27. The molecule has 6 nitrogen and oxygen atoms in total. The van der Waals surface area contributed by atoms with Crippen LogP contribution in [0.2, 0.25) is 0 Å². The number of sulfonamides is 1. The molecule has 0 fully saturated rings. The van der Waals surface area contributed by atoms with Crippen LogP contribution in [0.3, 0.4) is 0 Å². The first kappa shape index (κ1) is 20.1. The second-order valence-corrected chi connectivity index (χ2v) is 9.68. The number of benzene rings is 3. The van der Waals surface area contributed by atoms with Gasteiger partial charge in [-0.05, 0) is 42.5 Å². The van der Waals surface area contributed by atoms with E-state index in [0.717, 1.165) is 15.2 Å². The average molecular weight is 438 g/mol. The molecule has 0 saturated heterocycles. The third kappa shape index (κ3) is 4.05. The maximum Gasteiger partial charge on any atom is 0.264 e. The number of para-hydroxylation sites is 2. The Kier molecular flexibility index (Phi) is 5.52. The van der Waals surface area contributed by atoms with Gasteiger partial charge in [0.1, 0.15) is 5.01 Å². The van der Waals surface area contributed by atoms with E-state index in [0.29, 0.717) is 5.69 Å². The first-order valence-electron chi connectivity index (χ1n) is 9.22.